The highest BCUT2D eigenvalue weighted by molar-refractivity contribution is 6.37. The largest absolute Gasteiger partial charge is 0.481 e. The summed E-state index contributed by atoms with van der Waals surface area (Å²) in [6, 6.07) is 20.2. The Morgan fingerprint density at radius 1 is 0.953 bits per heavy atom. The second-order valence-corrected chi connectivity index (χ2v) is 10.3. The predicted molar refractivity (Wildman–Crippen MR) is 161 cm³/mol. The Morgan fingerprint density at radius 3 is 2.35 bits per heavy atom. The Hall–Kier alpha value is -4.38. The van der Waals surface area contributed by atoms with E-state index in [1.54, 1.807) is 42.5 Å². The minimum Gasteiger partial charge on any atom is -0.481 e. The van der Waals surface area contributed by atoms with Gasteiger partial charge in [-0.15, -0.1) is 0 Å². The first-order chi connectivity index (χ1) is 20.5. The highest BCUT2D eigenvalue weighted by Crippen LogP contribution is 2.34. The van der Waals surface area contributed by atoms with E-state index in [1.165, 1.54) is 36.5 Å². The van der Waals surface area contributed by atoms with E-state index in [2.05, 4.69) is 15.4 Å². The fourth-order valence-corrected chi connectivity index (χ4v) is 4.78. The first-order valence-electron chi connectivity index (χ1n) is 12.4. The summed E-state index contributed by atoms with van der Waals surface area (Å²) in [7, 11) is 0. The first kappa shape index (κ1) is 30.1. The number of halogens is 6. The van der Waals surface area contributed by atoms with Crippen LogP contribution in [0.1, 0.15) is 11.1 Å². The maximum absolute atomic E-state index is 13.4. The molecule has 5 rings (SSSR count). The maximum Gasteiger partial charge on any atom is 0.416 e. The van der Waals surface area contributed by atoms with Crippen LogP contribution in [0.2, 0.25) is 15.1 Å². The number of nitrogens with one attached hydrogen (secondary N) is 1. The Bertz CT molecular complexity index is 1900. The van der Waals surface area contributed by atoms with Crippen LogP contribution >= 0.6 is 34.8 Å². The predicted octanol–water partition coefficient (Wildman–Crippen LogP) is 7.94. The quantitative estimate of drug-likeness (QED) is 0.182. The molecule has 0 atom stereocenters. The van der Waals surface area contributed by atoms with E-state index < -0.39 is 29.8 Å². The molecule has 5 aromatic rings. The summed E-state index contributed by atoms with van der Waals surface area (Å²) in [4.78, 5) is 30.1. The van der Waals surface area contributed by atoms with E-state index >= 15 is 0 Å². The molecule has 0 fully saturated rings. The number of carbonyl (C=O) groups is 1. The molecule has 0 radical (unpaired) electrons. The number of carbonyl (C=O) groups excluding carboxylic acids is 1. The molecular weight excluding hydrogens is 628 g/mol. The number of alkyl halides is 3. The van der Waals surface area contributed by atoms with E-state index in [1.807, 2.05) is 0 Å². The van der Waals surface area contributed by atoms with Crippen LogP contribution in [0.15, 0.2) is 94.8 Å². The molecule has 0 saturated carbocycles. The number of hydrogen-bond donors (Lipinski definition) is 1. The van der Waals surface area contributed by atoms with Crippen LogP contribution in [0, 0.1) is 0 Å². The van der Waals surface area contributed by atoms with E-state index in [4.69, 9.17) is 39.5 Å². The van der Waals surface area contributed by atoms with Crippen molar-refractivity contribution in [3.8, 4) is 17.1 Å². The summed E-state index contributed by atoms with van der Waals surface area (Å²) >= 11 is 18.6. The van der Waals surface area contributed by atoms with Crippen LogP contribution in [0.25, 0.3) is 22.3 Å². The zero-order valence-electron chi connectivity index (χ0n) is 21.7. The van der Waals surface area contributed by atoms with Crippen LogP contribution in [-0.4, -0.2) is 28.4 Å². The summed E-state index contributed by atoms with van der Waals surface area (Å²) in [5, 5.41) is 7.72. The average molecular weight is 646 g/mol. The van der Waals surface area contributed by atoms with Gasteiger partial charge in [-0.1, -0.05) is 59.1 Å². The third-order valence-corrected chi connectivity index (χ3v) is 6.83. The van der Waals surface area contributed by atoms with Gasteiger partial charge in [0.15, 0.2) is 18.2 Å². The zero-order chi connectivity index (χ0) is 30.7. The number of nitrogens with zero attached hydrogens (tertiary/aromatic N) is 3. The van der Waals surface area contributed by atoms with Crippen molar-refractivity contribution >= 4 is 63.5 Å². The van der Waals surface area contributed by atoms with E-state index in [-0.39, 0.29) is 32.6 Å². The maximum atomic E-state index is 13.4. The summed E-state index contributed by atoms with van der Waals surface area (Å²) in [5.74, 6) is -0.527. The fourth-order valence-electron chi connectivity index (χ4n) is 4.04. The van der Waals surface area contributed by atoms with Crippen molar-refractivity contribution in [1.82, 2.24) is 9.66 Å². The summed E-state index contributed by atoms with van der Waals surface area (Å²) < 4.78 is 46.7. The second-order valence-electron chi connectivity index (χ2n) is 9.05. The zero-order valence-corrected chi connectivity index (χ0v) is 24.0. The molecule has 1 heterocycles. The van der Waals surface area contributed by atoms with E-state index in [9.17, 15) is 22.8 Å². The molecule has 0 aliphatic carbocycles. The molecule has 43 heavy (non-hydrogen) atoms. The van der Waals surface area contributed by atoms with Crippen molar-refractivity contribution in [2.75, 3.05) is 11.9 Å². The van der Waals surface area contributed by atoms with Crippen LogP contribution < -0.4 is 15.6 Å². The lowest BCUT2D eigenvalue weighted by Crippen LogP contribution is -2.20. The highest BCUT2D eigenvalue weighted by Gasteiger charge is 2.31. The van der Waals surface area contributed by atoms with E-state index in [0.29, 0.717) is 21.8 Å². The fraction of sp³-hybridized carbons (Fsp3) is 0.0667. The Kier molecular flexibility index (Phi) is 8.72. The van der Waals surface area contributed by atoms with Gasteiger partial charge < -0.3 is 10.1 Å². The lowest BCUT2D eigenvalue weighted by Gasteiger charge is -2.12. The third kappa shape index (κ3) is 6.99. The van der Waals surface area contributed by atoms with Crippen LogP contribution in [-0.2, 0) is 11.0 Å². The van der Waals surface area contributed by atoms with Gasteiger partial charge in [0.05, 0.1) is 32.7 Å². The number of anilines is 1. The molecule has 7 nitrogen and oxygen atoms in total. The number of para-hydroxylation sites is 1. The van der Waals surface area contributed by atoms with Crippen LogP contribution in [0.3, 0.4) is 0 Å². The number of amides is 1. The number of ether oxygens (including phenoxy) is 1. The monoisotopic (exact) mass is 644 g/mol. The number of fused-ring (bicyclic) bond motifs is 1. The van der Waals surface area contributed by atoms with Gasteiger partial charge in [0, 0.05) is 16.3 Å². The number of hydrogen-bond acceptors (Lipinski definition) is 5. The van der Waals surface area contributed by atoms with Crippen LogP contribution in [0.5, 0.6) is 5.75 Å². The molecule has 0 spiro atoms. The van der Waals surface area contributed by atoms with Gasteiger partial charge >= 0.3 is 6.18 Å². The normalized spacial score (nSPS) is 11.7. The molecule has 4 aromatic carbocycles. The first-order valence-corrected chi connectivity index (χ1v) is 13.5. The average Bonchev–Trinajstić information content (AvgIpc) is 2.97. The van der Waals surface area contributed by atoms with Gasteiger partial charge in [-0.2, -0.15) is 22.9 Å². The van der Waals surface area contributed by atoms with Gasteiger partial charge in [-0.3, -0.25) is 9.59 Å². The summed E-state index contributed by atoms with van der Waals surface area (Å²) in [6.07, 6.45) is -3.35. The molecular formula is C30H18Cl3F3N4O3. The lowest BCUT2D eigenvalue weighted by molar-refractivity contribution is -0.137. The van der Waals surface area contributed by atoms with E-state index in [0.717, 1.165) is 16.8 Å². The molecule has 0 unspecified atom stereocenters. The van der Waals surface area contributed by atoms with Crippen molar-refractivity contribution in [2.24, 2.45) is 5.10 Å². The Morgan fingerprint density at radius 2 is 1.65 bits per heavy atom. The van der Waals surface area contributed by atoms with Crippen molar-refractivity contribution in [1.29, 1.82) is 0 Å². The SMILES string of the molecule is O=C(COc1c(Cl)cc(C=Nn2c(-c3cccc(C(F)(F)F)c3)nc3ccccc3c2=O)cc1Cl)Nc1ccc(Cl)cc1. The molecule has 218 valence electrons. The van der Waals surface area contributed by atoms with Gasteiger partial charge in [0.1, 0.15) is 0 Å². The van der Waals surface area contributed by atoms with Gasteiger partial charge in [0.2, 0.25) is 0 Å². The summed E-state index contributed by atoms with van der Waals surface area (Å²) in [5.41, 5.74) is -0.324. The second kappa shape index (κ2) is 12.5. The Balaban J connectivity index is 1.44. The molecule has 1 aromatic heterocycles. The highest BCUT2D eigenvalue weighted by atomic mass is 35.5. The Labute approximate surface area is 257 Å². The molecule has 13 heteroatoms. The van der Waals surface area contributed by atoms with Crippen molar-refractivity contribution in [3.05, 3.63) is 121 Å². The number of rotatable bonds is 7. The minimum atomic E-state index is -4.60. The van der Waals surface area contributed by atoms with Gasteiger partial charge in [-0.25, -0.2) is 4.98 Å². The van der Waals surface area contributed by atoms with Crippen molar-refractivity contribution in [3.63, 3.8) is 0 Å². The topological polar surface area (TPSA) is 85.6 Å². The van der Waals surface area contributed by atoms with Crippen molar-refractivity contribution < 1.29 is 22.7 Å². The molecule has 0 bridgehead atoms. The number of aromatic nitrogens is 2. The molecule has 0 aliphatic heterocycles. The van der Waals surface area contributed by atoms with Crippen molar-refractivity contribution in [2.45, 2.75) is 6.18 Å². The smallest absolute Gasteiger partial charge is 0.416 e. The molecule has 0 saturated heterocycles. The molecule has 0 aliphatic rings. The third-order valence-electron chi connectivity index (χ3n) is 6.02. The van der Waals surface area contributed by atoms with Crippen LogP contribution in [0.4, 0.5) is 18.9 Å². The minimum absolute atomic E-state index is 0.0338. The lowest BCUT2D eigenvalue weighted by atomic mass is 10.1. The van der Waals surface area contributed by atoms with Gasteiger partial charge in [0.25, 0.3) is 11.5 Å². The van der Waals surface area contributed by atoms with Gasteiger partial charge in [-0.05, 0) is 66.2 Å². The standard InChI is InChI=1S/C30H18Cl3F3N4O3/c31-20-8-10-21(11-9-20)38-26(41)16-43-27-23(32)12-17(13-24(27)33)15-37-40-28(18-4-3-5-19(14-18)30(34,35)36)39-25-7-2-1-6-22(25)29(40)42/h1-15H,16H2,(H,38,41). The molecule has 1 N–H and O–H groups in total. The number of benzene rings is 4. The summed E-state index contributed by atoms with van der Waals surface area (Å²) in [6.45, 7) is -0.395. The molecule has 1 amide bonds.